The van der Waals surface area contributed by atoms with E-state index in [-0.39, 0.29) is 16.7 Å². The van der Waals surface area contributed by atoms with Crippen molar-refractivity contribution in [2.75, 3.05) is 27.9 Å². The zero-order valence-electron chi connectivity index (χ0n) is 25.7. The van der Waals surface area contributed by atoms with E-state index in [0.717, 1.165) is 29.5 Å². The minimum Gasteiger partial charge on any atom is -0.406 e. The minimum atomic E-state index is -4.77. The van der Waals surface area contributed by atoms with Crippen molar-refractivity contribution in [1.29, 1.82) is 0 Å². The van der Waals surface area contributed by atoms with Crippen LogP contribution in [-0.2, 0) is 17.8 Å². The molecule has 15 heteroatoms. The number of benzene rings is 2. The van der Waals surface area contributed by atoms with E-state index < -0.39 is 12.4 Å². The average molecular weight is 655 g/mol. The molecule has 4 aromatic rings. The normalized spacial score (nSPS) is 11.7. The summed E-state index contributed by atoms with van der Waals surface area (Å²) in [6, 6.07) is 13.9. The van der Waals surface area contributed by atoms with Gasteiger partial charge in [0.15, 0.2) is 5.17 Å². The van der Waals surface area contributed by atoms with Crippen molar-refractivity contribution in [3.05, 3.63) is 83.8 Å². The molecule has 0 atom stereocenters. The molecule has 0 fully saturated rings. The second-order valence-corrected chi connectivity index (χ2v) is 11.3. The van der Waals surface area contributed by atoms with E-state index in [4.69, 9.17) is 0 Å². The Bertz CT molecular complexity index is 1660. The third kappa shape index (κ3) is 9.30. The fourth-order valence-corrected chi connectivity index (χ4v) is 5.07. The van der Waals surface area contributed by atoms with E-state index in [0.29, 0.717) is 36.0 Å². The van der Waals surface area contributed by atoms with Crippen LogP contribution in [0.1, 0.15) is 37.0 Å². The molecule has 0 aliphatic heterocycles. The summed E-state index contributed by atoms with van der Waals surface area (Å²) in [4.78, 5) is 41.1. The van der Waals surface area contributed by atoms with Crippen LogP contribution in [0.5, 0.6) is 5.75 Å². The summed E-state index contributed by atoms with van der Waals surface area (Å²) in [7, 11) is 1.77. The summed E-state index contributed by atoms with van der Waals surface area (Å²) >= 11 is 1.28. The van der Waals surface area contributed by atoms with Gasteiger partial charge in [0.05, 0.1) is 11.4 Å². The maximum Gasteiger partial charge on any atom is 0.573 e. The van der Waals surface area contributed by atoms with Gasteiger partial charge >= 0.3 is 12.4 Å². The summed E-state index contributed by atoms with van der Waals surface area (Å²) in [5, 5.41) is 7.30. The van der Waals surface area contributed by atoms with Crippen LogP contribution in [0.3, 0.4) is 0 Å². The number of hydrogen-bond donors (Lipinski definition) is 1. The molecule has 3 amide bonds. The highest BCUT2D eigenvalue weighted by Gasteiger charge is 2.31. The Morgan fingerprint density at radius 2 is 1.87 bits per heavy atom. The summed E-state index contributed by atoms with van der Waals surface area (Å²) < 4.78 is 42.6. The van der Waals surface area contributed by atoms with Crippen molar-refractivity contribution < 1.29 is 27.5 Å². The number of hydrogen-bond acceptors (Lipinski definition) is 8. The number of aromatic nitrogens is 4. The molecule has 0 aliphatic rings. The van der Waals surface area contributed by atoms with Gasteiger partial charge in [-0.15, -0.1) is 18.3 Å². The molecule has 4 rings (SSSR count). The third-order valence-electron chi connectivity index (χ3n) is 6.44. The maximum atomic E-state index is 12.9. The number of urea groups is 1. The Kier molecular flexibility index (Phi) is 11.4. The van der Waals surface area contributed by atoms with Crippen LogP contribution >= 0.6 is 11.8 Å². The lowest BCUT2D eigenvalue weighted by Crippen LogP contribution is -2.30. The van der Waals surface area contributed by atoms with Gasteiger partial charge in [0.25, 0.3) is 0 Å². The van der Waals surface area contributed by atoms with Gasteiger partial charge in [-0.2, -0.15) is 9.98 Å². The average Bonchev–Trinajstić information content (AvgIpc) is 3.50. The van der Waals surface area contributed by atoms with E-state index >= 15 is 0 Å². The van der Waals surface area contributed by atoms with Crippen LogP contribution in [0.4, 0.5) is 35.4 Å². The fraction of sp³-hybridized carbons (Fsp3) is 0.290. The Hall–Kier alpha value is -4.92. The van der Waals surface area contributed by atoms with Gasteiger partial charge in [-0.1, -0.05) is 50.2 Å². The molecule has 46 heavy (non-hydrogen) atoms. The lowest BCUT2D eigenvalue weighted by molar-refractivity contribution is -0.274. The number of aliphatic imine (C=N–C) groups is 1. The minimum absolute atomic E-state index is 0.258. The van der Waals surface area contributed by atoms with Crippen molar-refractivity contribution >= 4 is 46.8 Å². The number of amides is 3. The number of nitrogens with zero attached hydrogens (tertiary/aromatic N) is 7. The molecular weight excluding hydrogens is 621 g/mol. The number of ether oxygens (including phenoxy) is 1. The monoisotopic (exact) mass is 654 g/mol. The lowest BCUT2D eigenvalue weighted by atomic mass is 10.0. The summed E-state index contributed by atoms with van der Waals surface area (Å²) in [6.45, 7) is 6.29. The molecule has 242 valence electrons. The zero-order valence-corrected chi connectivity index (χ0v) is 26.5. The van der Waals surface area contributed by atoms with E-state index in [1.54, 1.807) is 30.3 Å². The number of alkyl halides is 3. The molecule has 1 N–H and O–H groups in total. The summed E-state index contributed by atoms with van der Waals surface area (Å²) in [5.74, 6) is 0.918. The number of pyridine rings is 1. The summed E-state index contributed by atoms with van der Waals surface area (Å²) in [5.41, 5.74) is 3.97. The lowest BCUT2D eigenvalue weighted by Gasteiger charge is -2.22. The third-order valence-corrected chi connectivity index (χ3v) is 7.27. The van der Waals surface area contributed by atoms with Gasteiger partial charge in [0.2, 0.25) is 12.4 Å². The Morgan fingerprint density at radius 1 is 1.11 bits per heavy atom. The van der Waals surface area contributed by atoms with Crippen LogP contribution in [0, 0.1) is 6.92 Å². The highest BCUT2D eigenvalue weighted by atomic mass is 32.2. The highest BCUT2D eigenvalue weighted by molar-refractivity contribution is 8.14. The van der Waals surface area contributed by atoms with E-state index in [2.05, 4.69) is 37.0 Å². The zero-order chi connectivity index (χ0) is 33.3. The molecule has 2 aromatic carbocycles. The van der Waals surface area contributed by atoms with Crippen molar-refractivity contribution in [1.82, 2.24) is 19.7 Å². The van der Waals surface area contributed by atoms with Crippen LogP contribution in [0.15, 0.2) is 72.1 Å². The molecule has 2 heterocycles. The van der Waals surface area contributed by atoms with E-state index in [1.165, 1.54) is 51.9 Å². The number of carbonyl (C=O) groups is 2. The SMILES string of the molecule is CCCc1ccc(C)cc1N(C=O)/C(=N/C(=O)Nc1ccc(CN(C)c2ncn(-c3ccc(OC(F)(F)F)cc3)n2)cn1)SCC. The number of rotatable bonds is 11. The predicted molar refractivity (Wildman–Crippen MR) is 173 cm³/mol. The van der Waals surface area contributed by atoms with Gasteiger partial charge in [0, 0.05) is 19.8 Å². The molecule has 0 saturated heterocycles. The Morgan fingerprint density at radius 3 is 2.50 bits per heavy atom. The first-order chi connectivity index (χ1) is 22.0. The number of aryl methyl sites for hydroxylation is 2. The molecule has 11 nitrogen and oxygen atoms in total. The second-order valence-electron chi connectivity index (χ2n) is 10.1. The molecule has 0 unspecified atom stereocenters. The Labute approximate surface area is 268 Å². The first-order valence-electron chi connectivity index (χ1n) is 14.3. The molecule has 0 bridgehead atoms. The first kappa shape index (κ1) is 34.0. The molecule has 0 spiro atoms. The highest BCUT2D eigenvalue weighted by Crippen LogP contribution is 2.27. The van der Waals surface area contributed by atoms with E-state index in [1.807, 2.05) is 32.0 Å². The van der Waals surface area contributed by atoms with Crippen LogP contribution in [0.2, 0.25) is 0 Å². The molecular formula is C31H33F3N8O3S. The largest absolute Gasteiger partial charge is 0.573 e. The first-order valence-corrected chi connectivity index (χ1v) is 15.3. The smallest absolute Gasteiger partial charge is 0.406 e. The second kappa shape index (κ2) is 15.4. The van der Waals surface area contributed by atoms with Crippen LogP contribution in [0.25, 0.3) is 5.69 Å². The van der Waals surface area contributed by atoms with Gasteiger partial charge < -0.3 is 9.64 Å². The number of carbonyl (C=O) groups excluding carboxylic acids is 2. The summed E-state index contributed by atoms with van der Waals surface area (Å²) in [6.07, 6.45) is 0.618. The van der Waals surface area contributed by atoms with Crippen molar-refractivity contribution in [2.45, 2.75) is 46.5 Å². The number of thioether (sulfide) groups is 1. The molecule has 0 saturated carbocycles. The topological polar surface area (TPSA) is 118 Å². The van der Waals surface area contributed by atoms with Crippen molar-refractivity contribution in [3.63, 3.8) is 0 Å². The van der Waals surface area contributed by atoms with Crippen molar-refractivity contribution in [2.24, 2.45) is 4.99 Å². The number of halogens is 3. The number of anilines is 3. The molecule has 0 radical (unpaired) electrons. The standard InChI is InChI=1S/C31H33F3N8O3S/c1-5-7-23-10-8-21(3)16-26(23)41(20-43)30(46-6-2)38-29(44)37-27-15-9-22(17-35-27)18-40(4)28-36-19-42(39-28)24-11-13-25(14-12-24)45-31(32,33)34/h8-17,19-20H,5-7,18H2,1-4H3,(H,35,37,44)/b38-30-. The Balaban J connectivity index is 1.40. The van der Waals surface area contributed by atoms with Crippen LogP contribution in [-0.4, -0.2) is 56.5 Å². The van der Waals surface area contributed by atoms with Gasteiger partial charge in [-0.25, -0.2) is 14.5 Å². The quantitative estimate of drug-likeness (QED) is 0.107. The molecule has 0 aliphatic carbocycles. The van der Waals surface area contributed by atoms with Gasteiger partial charge in [-0.05, 0) is 72.2 Å². The van der Waals surface area contributed by atoms with E-state index in [9.17, 15) is 22.8 Å². The number of amidine groups is 1. The van der Waals surface area contributed by atoms with Gasteiger partial charge in [-0.3, -0.25) is 15.0 Å². The molecule has 2 aromatic heterocycles. The van der Waals surface area contributed by atoms with Crippen molar-refractivity contribution in [3.8, 4) is 11.4 Å². The van der Waals surface area contributed by atoms with Gasteiger partial charge in [0.1, 0.15) is 17.9 Å². The van der Waals surface area contributed by atoms with Crippen LogP contribution < -0.4 is 19.9 Å². The number of nitrogens with one attached hydrogen (secondary N) is 1. The maximum absolute atomic E-state index is 12.9. The predicted octanol–water partition coefficient (Wildman–Crippen LogP) is 6.76. The fourth-order valence-electron chi connectivity index (χ4n) is 4.38.